The predicted molar refractivity (Wildman–Crippen MR) is 50.8 cm³/mol. The van der Waals surface area contributed by atoms with Crippen molar-refractivity contribution in [2.45, 2.75) is 13.8 Å². The number of hydrogen-bond donors (Lipinski definition) is 0. The van der Waals surface area contributed by atoms with Gasteiger partial charge in [0.2, 0.25) is 0 Å². The highest BCUT2D eigenvalue weighted by atomic mass is 35.5. The first kappa shape index (κ1) is 9.76. The van der Waals surface area contributed by atoms with E-state index in [-0.39, 0.29) is 0 Å². The van der Waals surface area contributed by atoms with Crippen LogP contribution in [-0.4, -0.2) is 5.24 Å². The van der Waals surface area contributed by atoms with E-state index in [1.165, 1.54) is 0 Å². The van der Waals surface area contributed by atoms with Gasteiger partial charge in [-0.05, 0) is 36.6 Å². The lowest BCUT2D eigenvalue weighted by molar-refractivity contribution is 0.108. The maximum absolute atomic E-state index is 11.0. The van der Waals surface area contributed by atoms with E-state index in [2.05, 4.69) is 0 Å². The predicted octanol–water partition coefficient (Wildman–Crippen LogP) is 2.55. The molecule has 0 N–H and O–H groups in total. The molecule has 0 heterocycles. The summed E-state index contributed by atoms with van der Waals surface area (Å²) in [7, 11) is 0. The molecule has 13 heavy (non-hydrogen) atoms. The van der Waals surface area contributed by atoms with E-state index in [0.717, 1.165) is 11.1 Å². The largest absolute Gasteiger partial charge is 0.276 e. The van der Waals surface area contributed by atoms with Gasteiger partial charge < -0.3 is 0 Å². The fourth-order valence-electron chi connectivity index (χ4n) is 1.21. The molecule has 0 amide bonds. The van der Waals surface area contributed by atoms with E-state index in [1.807, 2.05) is 6.07 Å². The lowest BCUT2D eigenvalue weighted by Crippen LogP contribution is -2.00. The summed E-state index contributed by atoms with van der Waals surface area (Å²) in [5.74, 6) is 0. The highest BCUT2D eigenvalue weighted by molar-refractivity contribution is 6.68. The fraction of sp³-hybridized carbons (Fsp3) is 0.200. The molecule has 0 saturated carbocycles. The van der Waals surface area contributed by atoms with Gasteiger partial charge in [-0.1, -0.05) is 12.1 Å². The Morgan fingerprint density at radius 1 is 1.38 bits per heavy atom. The Bertz CT molecular complexity index is 404. The molecular weight excluding hydrogens is 186 g/mol. The van der Waals surface area contributed by atoms with Gasteiger partial charge in [0.05, 0.1) is 11.1 Å². The zero-order valence-electron chi connectivity index (χ0n) is 7.39. The molecule has 0 spiro atoms. The van der Waals surface area contributed by atoms with Crippen LogP contribution in [0.3, 0.4) is 0 Å². The van der Waals surface area contributed by atoms with Crippen LogP contribution in [0.2, 0.25) is 0 Å². The summed E-state index contributed by atoms with van der Waals surface area (Å²) >= 11 is 5.37. The SMILES string of the molecule is Cc1ccc(C)c(C(=O)Cl)c1C#N. The van der Waals surface area contributed by atoms with Gasteiger partial charge in [0, 0.05) is 0 Å². The average molecular weight is 194 g/mol. The van der Waals surface area contributed by atoms with Crippen LogP contribution >= 0.6 is 11.6 Å². The molecule has 0 aliphatic rings. The Kier molecular flexibility index (Phi) is 2.69. The van der Waals surface area contributed by atoms with E-state index in [4.69, 9.17) is 16.9 Å². The smallest absolute Gasteiger partial charge is 0.254 e. The molecule has 0 radical (unpaired) electrons. The van der Waals surface area contributed by atoms with Gasteiger partial charge in [-0.25, -0.2) is 0 Å². The summed E-state index contributed by atoms with van der Waals surface area (Å²) in [4.78, 5) is 11.0. The van der Waals surface area contributed by atoms with Gasteiger partial charge >= 0.3 is 0 Å². The van der Waals surface area contributed by atoms with Crippen LogP contribution in [0.25, 0.3) is 0 Å². The third kappa shape index (κ3) is 1.71. The van der Waals surface area contributed by atoms with Crippen molar-refractivity contribution in [2.24, 2.45) is 0 Å². The van der Waals surface area contributed by atoms with Crippen LogP contribution in [0.4, 0.5) is 0 Å². The minimum Gasteiger partial charge on any atom is -0.276 e. The molecule has 0 aliphatic heterocycles. The molecule has 66 valence electrons. The second kappa shape index (κ2) is 3.59. The van der Waals surface area contributed by atoms with Crippen molar-refractivity contribution in [3.05, 3.63) is 34.4 Å². The van der Waals surface area contributed by atoms with E-state index >= 15 is 0 Å². The van der Waals surface area contributed by atoms with E-state index in [0.29, 0.717) is 11.1 Å². The number of hydrogen-bond acceptors (Lipinski definition) is 2. The first-order valence-corrected chi connectivity index (χ1v) is 4.16. The van der Waals surface area contributed by atoms with Crippen LogP contribution in [-0.2, 0) is 0 Å². The first-order chi connectivity index (χ1) is 6.07. The maximum atomic E-state index is 11.0. The molecule has 0 aliphatic carbocycles. The van der Waals surface area contributed by atoms with Crippen LogP contribution in [0.1, 0.15) is 27.0 Å². The molecule has 0 bridgehead atoms. The Labute approximate surface area is 81.7 Å². The van der Waals surface area contributed by atoms with E-state index < -0.39 is 5.24 Å². The van der Waals surface area contributed by atoms with Crippen LogP contribution in [0.15, 0.2) is 12.1 Å². The Hall–Kier alpha value is -1.33. The second-order valence-corrected chi connectivity index (χ2v) is 3.18. The molecule has 1 rings (SSSR count). The number of benzene rings is 1. The molecule has 0 saturated heterocycles. The van der Waals surface area contributed by atoms with Crippen molar-refractivity contribution in [3.8, 4) is 6.07 Å². The quantitative estimate of drug-likeness (QED) is 0.644. The highest BCUT2D eigenvalue weighted by Crippen LogP contribution is 2.19. The van der Waals surface area contributed by atoms with Gasteiger partial charge in [-0.2, -0.15) is 5.26 Å². The normalized spacial score (nSPS) is 9.38. The summed E-state index contributed by atoms with van der Waals surface area (Å²) in [5, 5.41) is 8.24. The van der Waals surface area contributed by atoms with Crippen molar-refractivity contribution < 1.29 is 4.79 Å². The number of carbonyl (C=O) groups excluding carboxylic acids is 1. The van der Waals surface area contributed by atoms with E-state index in [1.54, 1.807) is 26.0 Å². The van der Waals surface area contributed by atoms with Crippen LogP contribution in [0, 0.1) is 25.2 Å². The van der Waals surface area contributed by atoms with E-state index in [9.17, 15) is 4.79 Å². The van der Waals surface area contributed by atoms with Crippen molar-refractivity contribution in [3.63, 3.8) is 0 Å². The summed E-state index contributed by atoms with van der Waals surface area (Å²) < 4.78 is 0. The van der Waals surface area contributed by atoms with Gasteiger partial charge in [-0.3, -0.25) is 4.79 Å². The molecule has 0 fully saturated rings. The highest BCUT2D eigenvalue weighted by Gasteiger charge is 2.13. The Morgan fingerprint density at radius 3 is 2.31 bits per heavy atom. The maximum Gasteiger partial charge on any atom is 0.254 e. The molecule has 1 aromatic carbocycles. The van der Waals surface area contributed by atoms with Crippen molar-refractivity contribution in [1.29, 1.82) is 5.26 Å². The lowest BCUT2D eigenvalue weighted by Gasteiger charge is -2.05. The van der Waals surface area contributed by atoms with Crippen molar-refractivity contribution in [1.82, 2.24) is 0 Å². The number of aryl methyl sites for hydroxylation is 2. The summed E-state index contributed by atoms with van der Waals surface area (Å²) in [6, 6.07) is 5.57. The standard InChI is InChI=1S/C10H8ClNO/c1-6-3-4-7(2)9(10(11)13)8(6)5-12/h3-4H,1-2H3. The number of nitrogens with zero attached hydrogens (tertiary/aromatic N) is 1. The topological polar surface area (TPSA) is 40.9 Å². The molecule has 3 heteroatoms. The molecule has 0 atom stereocenters. The van der Waals surface area contributed by atoms with Crippen LogP contribution in [0.5, 0.6) is 0 Å². The van der Waals surface area contributed by atoms with Crippen LogP contribution < -0.4 is 0 Å². The second-order valence-electron chi connectivity index (χ2n) is 2.83. The third-order valence-electron chi connectivity index (χ3n) is 1.93. The summed E-state index contributed by atoms with van der Waals surface area (Å²) in [6.07, 6.45) is 0. The Balaban J connectivity index is 3.55. The third-order valence-corrected chi connectivity index (χ3v) is 2.12. The minimum absolute atomic E-state index is 0.323. The number of halogens is 1. The fourth-order valence-corrected chi connectivity index (χ4v) is 1.45. The zero-order valence-corrected chi connectivity index (χ0v) is 8.14. The first-order valence-electron chi connectivity index (χ1n) is 3.78. The van der Waals surface area contributed by atoms with Crippen molar-refractivity contribution in [2.75, 3.05) is 0 Å². The van der Waals surface area contributed by atoms with Gasteiger partial charge in [0.1, 0.15) is 6.07 Å². The average Bonchev–Trinajstić information content (AvgIpc) is 2.07. The number of rotatable bonds is 1. The summed E-state index contributed by atoms with van der Waals surface area (Å²) in [5.41, 5.74) is 2.21. The zero-order chi connectivity index (χ0) is 10.0. The summed E-state index contributed by atoms with van der Waals surface area (Å²) in [6.45, 7) is 3.54. The molecule has 0 aromatic heterocycles. The van der Waals surface area contributed by atoms with Gasteiger partial charge in [0.15, 0.2) is 0 Å². The molecular formula is C10H8ClNO. The Morgan fingerprint density at radius 2 is 1.92 bits per heavy atom. The van der Waals surface area contributed by atoms with Gasteiger partial charge in [0.25, 0.3) is 5.24 Å². The number of carbonyl (C=O) groups is 1. The molecule has 0 unspecified atom stereocenters. The molecule has 1 aromatic rings. The minimum atomic E-state index is -0.572. The monoisotopic (exact) mass is 193 g/mol. The van der Waals surface area contributed by atoms with Gasteiger partial charge in [-0.15, -0.1) is 0 Å². The molecule has 2 nitrogen and oxygen atoms in total. The lowest BCUT2D eigenvalue weighted by atomic mass is 9.99. The van der Waals surface area contributed by atoms with Crippen molar-refractivity contribution >= 4 is 16.8 Å². The number of nitriles is 1.